The molecule has 0 amide bonds. The van der Waals surface area contributed by atoms with Gasteiger partial charge in [0.2, 0.25) is 0 Å². The molecule has 0 aliphatic heterocycles. The topological polar surface area (TPSA) is 55.3 Å². The van der Waals surface area contributed by atoms with Gasteiger partial charge < -0.3 is 15.1 Å². The summed E-state index contributed by atoms with van der Waals surface area (Å²) in [6.07, 6.45) is 5.21. The van der Waals surface area contributed by atoms with Crippen LogP contribution in [0.25, 0.3) is 0 Å². The molecule has 2 rings (SSSR count). The number of aromatic nitrogens is 1. The summed E-state index contributed by atoms with van der Waals surface area (Å²) in [7, 11) is 2.00. The van der Waals surface area contributed by atoms with Crippen molar-refractivity contribution in [3.05, 3.63) is 48.0 Å². The standard InChI is InChI=1S/C13H17N3O/c1-10(14)12-3-5-15-13(7-12)16(2)8-11-4-6-17-9-11/h3-7,9-10H,8,14H2,1-2H3. The molecular formula is C13H17N3O. The SMILES string of the molecule is CC(N)c1ccnc(N(C)Cc2ccoc2)c1. The highest BCUT2D eigenvalue weighted by Crippen LogP contribution is 2.17. The van der Waals surface area contributed by atoms with E-state index in [0.717, 1.165) is 23.5 Å². The Labute approximate surface area is 101 Å². The van der Waals surface area contributed by atoms with Crippen LogP contribution in [0, 0.1) is 0 Å². The molecule has 1 atom stereocenters. The molecule has 0 spiro atoms. The molecule has 90 valence electrons. The molecule has 17 heavy (non-hydrogen) atoms. The fraction of sp³-hybridized carbons (Fsp3) is 0.308. The number of rotatable bonds is 4. The van der Waals surface area contributed by atoms with Crippen LogP contribution < -0.4 is 10.6 Å². The van der Waals surface area contributed by atoms with Gasteiger partial charge in [0.25, 0.3) is 0 Å². The highest BCUT2D eigenvalue weighted by molar-refractivity contribution is 5.41. The molecule has 0 aliphatic carbocycles. The number of pyridine rings is 1. The average molecular weight is 231 g/mol. The molecule has 0 saturated heterocycles. The van der Waals surface area contributed by atoms with E-state index in [9.17, 15) is 0 Å². The first-order valence-corrected chi connectivity index (χ1v) is 5.60. The second-order valence-electron chi connectivity index (χ2n) is 4.22. The first-order chi connectivity index (χ1) is 8.16. The molecule has 1 unspecified atom stereocenters. The van der Waals surface area contributed by atoms with E-state index in [1.165, 1.54) is 0 Å². The minimum atomic E-state index is 0.0269. The monoisotopic (exact) mass is 231 g/mol. The van der Waals surface area contributed by atoms with Gasteiger partial charge in [-0.3, -0.25) is 0 Å². The Bertz CT molecular complexity index is 465. The average Bonchev–Trinajstić information content (AvgIpc) is 2.82. The van der Waals surface area contributed by atoms with E-state index >= 15 is 0 Å². The summed E-state index contributed by atoms with van der Waals surface area (Å²) in [5.41, 5.74) is 8.07. The largest absolute Gasteiger partial charge is 0.472 e. The van der Waals surface area contributed by atoms with Gasteiger partial charge in [-0.15, -0.1) is 0 Å². The molecule has 0 fully saturated rings. The Morgan fingerprint density at radius 3 is 2.94 bits per heavy atom. The first kappa shape index (κ1) is 11.7. The fourth-order valence-electron chi connectivity index (χ4n) is 1.66. The van der Waals surface area contributed by atoms with E-state index in [1.54, 1.807) is 18.7 Å². The lowest BCUT2D eigenvalue weighted by molar-refractivity contribution is 0.563. The predicted molar refractivity (Wildman–Crippen MR) is 67.7 cm³/mol. The third-order valence-electron chi connectivity index (χ3n) is 2.69. The quantitative estimate of drug-likeness (QED) is 0.877. The summed E-state index contributed by atoms with van der Waals surface area (Å²) in [6, 6.07) is 5.94. The molecular weight excluding hydrogens is 214 g/mol. The molecule has 4 heteroatoms. The van der Waals surface area contributed by atoms with Gasteiger partial charge in [0.15, 0.2) is 0 Å². The molecule has 4 nitrogen and oxygen atoms in total. The molecule has 0 aliphatic rings. The van der Waals surface area contributed by atoms with Gasteiger partial charge in [-0.05, 0) is 30.7 Å². The van der Waals surface area contributed by atoms with E-state index in [-0.39, 0.29) is 6.04 Å². The summed E-state index contributed by atoms with van der Waals surface area (Å²) in [5, 5.41) is 0. The van der Waals surface area contributed by atoms with Crippen molar-refractivity contribution in [2.24, 2.45) is 5.73 Å². The number of furan rings is 1. The molecule has 0 aromatic carbocycles. The number of nitrogens with two attached hydrogens (primary N) is 1. The van der Waals surface area contributed by atoms with E-state index in [4.69, 9.17) is 10.2 Å². The van der Waals surface area contributed by atoms with Gasteiger partial charge in [0, 0.05) is 31.4 Å². The van der Waals surface area contributed by atoms with Crippen molar-refractivity contribution in [1.29, 1.82) is 0 Å². The third kappa shape index (κ3) is 2.85. The van der Waals surface area contributed by atoms with Crippen molar-refractivity contribution in [3.8, 4) is 0 Å². The first-order valence-electron chi connectivity index (χ1n) is 5.60. The number of anilines is 1. The zero-order valence-corrected chi connectivity index (χ0v) is 10.1. The molecule has 0 bridgehead atoms. The number of nitrogens with zero attached hydrogens (tertiary/aromatic N) is 2. The van der Waals surface area contributed by atoms with Gasteiger partial charge in [0.05, 0.1) is 12.5 Å². The molecule has 0 radical (unpaired) electrons. The normalized spacial score (nSPS) is 12.4. The van der Waals surface area contributed by atoms with Crippen molar-refractivity contribution in [2.75, 3.05) is 11.9 Å². The second kappa shape index (κ2) is 5.01. The molecule has 2 aromatic heterocycles. The third-order valence-corrected chi connectivity index (χ3v) is 2.69. The van der Waals surface area contributed by atoms with Gasteiger partial charge in [0.1, 0.15) is 5.82 Å². The zero-order valence-electron chi connectivity index (χ0n) is 10.1. The van der Waals surface area contributed by atoms with Crippen molar-refractivity contribution in [3.63, 3.8) is 0 Å². The van der Waals surface area contributed by atoms with Crippen LogP contribution >= 0.6 is 0 Å². The van der Waals surface area contributed by atoms with Gasteiger partial charge in [-0.2, -0.15) is 0 Å². The Kier molecular flexibility index (Phi) is 3.44. The van der Waals surface area contributed by atoms with Crippen molar-refractivity contribution >= 4 is 5.82 Å². The van der Waals surface area contributed by atoms with Crippen LogP contribution in [-0.2, 0) is 6.54 Å². The lowest BCUT2D eigenvalue weighted by atomic mass is 10.1. The van der Waals surface area contributed by atoms with Crippen molar-refractivity contribution in [2.45, 2.75) is 19.5 Å². The van der Waals surface area contributed by atoms with Gasteiger partial charge in [-0.1, -0.05) is 0 Å². The summed E-state index contributed by atoms with van der Waals surface area (Å²) in [4.78, 5) is 6.41. The van der Waals surface area contributed by atoms with Crippen molar-refractivity contribution < 1.29 is 4.42 Å². The summed E-state index contributed by atoms with van der Waals surface area (Å²) >= 11 is 0. The molecule has 2 N–H and O–H groups in total. The van der Waals surface area contributed by atoms with Crippen LogP contribution in [-0.4, -0.2) is 12.0 Å². The maximum Gasteiger partial charge on any atom is 0.128 e. The second-order valence-corrected chi connectivity index (χ2v) is 4.22. The van der Waals surface area contributed by atoms with E-state index in [0.29, 0.717) is 0 Å². The van der Waals surface area contributed by atoms with Crippen LogP contribution in [0.5, 0.6) is 0 Å². The molecule has 2 heterocycles. The van der Waals surface area contributed by atoms with E-state index in [1.807, 2.05) is 32.2 Å². The minimum absolute atomic E-state index is 0.0269. The molecule has 0 saturated carbocycles. The van der Waals surface area contributed by atoms with Crippen LogP contribution in [0.4, 0.5) is 5.82 Å². The smallest absolute Gasteiger partial charge is 0.128 e. The van der Waals surface area contributed by atoms with Crippen LogP contribution in [0.2, 0.25) is 0 Å². The van der Waals surface area contributed by atoms with Crippen LogP contribution in [0.3, 0.4) is 0 Å². The maximum atomic E-state index is 5.86. The number of hydrogen-bond donors (Lipinski definition) is 1. The highest BCUT2D eigenvalue weighted by Gasteiger charge is 2.07. The van der Waals surface area contributed by atoms with E-state index < -0.39 is 0 Å². The zero-order chi connectivity index (χ0) is 12.3. The van der Waals surface area contributed by atoms with Crippen LogP contribution in [0.1, 0.15) is 24.1 Å². The highest BCUT2D eigenvalue weighted by atomic mass is 16.3. The van der Waals surface area contributed by atoms with Gasteiger partial charge in [-0.25, -0.2) is 4.98 Å². The maximum absolute atomic E-state index is 5.86. The lowest BCUT2D eigenvalue weighted by Crippen LogP contribution is -2.18. The Morgan fingerprint density at radius 2 is 2.29 bits per heavy atom. The lowest BCUT2D eigenvalue weighted by Gasteiger charge is -2.18. The summed E-state index contributed by atoms with van der Waals surface area (Å²) < 4.78 is 5.05. The predicted octanol–water partition coefficient (Wildman–Crippen LogP) is 2.33. The Hall–Kier alpha value is -1.81. The number of hydrogen-bond acceptors (Lipinski definition) is 4. The van der Waals surface area contributed by atoms with Crippen LogP contribution in [0.15, 0.2) is 41.3 Å². The minimum Gasteiger partial charge on any atom is -0.472 e. The fourth-order valence-corrected chi connectivity index (χ4v) is 1.66. The Morgan fingerprint density at radius 1 is 1.47 bits per heavy atom. The van der Waals surface area contributed by atoms with Crippen molar-refractivity contribution in [1.82, 2.24) is 4.98 Å². The van der Waals surface area contributed by atoms with E-state index in [2.05, 4.69) is 9.88 Å². The Balaban J connectivity index is 2.13. The summed E-state index contributed by atoms with van der Waals surface area (Å²) in [5.74, 6) is 0.918. The molecule has 2 aromatic rings. The van der Waals surface area contributed by atoms with Gasteiger partial charge >= 0.3 is 0 Å². The summed E-state index contributed by atoms with van der Waals surface area (Å²) in [6.45, 7) is 2.74.